The zero-order valence-electron chi connectivity index (χ0n) is 7.17. The van der Waals surface area contributed by atoms with Gasteiger partial charge in [-0.3, -0.25) is 4.79 Å². The average molecular weight is 214 g/mol. The second-order valence-electron chi connectivity index (χ2n) is 2.75. The summed E-state index contributed by atoms with van der Waals surface area (Å²) in [6, 6.07) is 0. The Bertz CT molecular complexity index is 198. The zero-order chi connectivity index (χ0) is 10.6. The van der Waals surface area contributed by atoms with Gasteiger partial charge in [0.2, 0.25) is 0 Å². The molecule has 1 unspecified atom stereocenters. The molecule has 1 aliphatic heterocycles. The summed E-state index contributed by atoms with van der Waals surface area (Å²) in [5, 5.41) is 0. The Labute approximate surface area is 77.9 Å². The van der Waals surface area contributed by atoms with Gasteiger partial charge in [0.25, 0.3) is 0 Å². The van der Waals surface area contributed by atoms with E-state index in [4.69, 9.17) is 9.47 Å². The van der Waals surface area contributed by atoms with E-state index < -0.39 is 24.7 Å². The second-order valence-corrected chi connectivity index (χ2v) is 2.75. The van der Waals surface area contributed by atoms with Crippen molar-refractivity contribution in [2.24, 2.45) is 0 Å². The van der Waals surface area contributed by atoms with Gasteiger partial charge in [-0.15, -0.1) is 0 Å². The standard InChI is InChI=1S/C7H9F3O4/c8-7(9,10)1-6(11)13-3-5-2-12-4-14-5/h5H,1-4H2. The molecule has 0 radical (unpaired) electrons. The summed E-state index contributed by atoms with van der Waals surface area (Å²) in [6.07, 6.45) is -6.54. The Morgan fingerprint density at radius 2 is 2.21 bits per heavy atom. The molecule has 0 N–H and O–H groups in total. The van der Waals surface area contributed by atoms with Crippen molar-refractivity contribution < 1.29 is 32.2 Å². The molecule has 0 bridgehead atoms. The fourth-order valence-corrected chi connectivity index (χ4v) is 0.869. The van der Waals surface area contributed by atoms with Gasteiger partial charge in [-0.05, 0) is 0 Å². The summed E-state index contributed by atoms with van der Waals surface area (Å²) in [5.41, 5.74) is 0. The van der Waals surface area contributed by atoms with Crippen molar-refractivity contribution in [3.05, 3.63) is 0 Å². The van der Waals surface area contributed by atoms with Crippen LogP contribution in [0.1, 0.15) is 6.42 Å². The molecule has 14 heavy (non-hydrogen) atoms. The summed E-state index contributed by atoms with van der Waals surface area (Å²) in [6.45, 7) is 0.121. The molecule has 1 heterocycles. The molecule has 0 aromatic carbocycles. The van der Waals surface area contributed by atoms with E-state index in [0.29, 0.717) is 0 Å². The summed E-state index contributed by atoms with van der Waals surface area (Å²) in [7, 11) is 0. The maximum atomic E-state index is 11.6. The van der Waals surface area contributed by atoms with E-state index in [9.17, 15) is 18.0 Å². The Balaban J connectivity index is 2.14. The third-order valence-corrected chi connectivity index (χ3v) is 1.47. The lowest BCUT2D eigenvalue weighted by Gasteiger charge is -2.09. The molecule has 82 valence electrons. The van der Waals surface area contributed by atoms with Gasteiger partial charge in [0.05, 0.1) is 6.61 Å². The topological polar surface area (TPSA) is 44.8 Å². The van der Waals surface area contributed by atoms with E-state index in [1.54, 1.807) is 0 Å². The number of alkyl halides is 3. The number of ether oxygens (including phenoxy) is 3. The van der Waals surface area contributed by atoms with Crippen molar-refractivity contribution in [3.63, 3.8) is 0 Å². The van der Waals surface area contributed by atoms with Crippen molar-refractivity contribution in [1.82, 2.24) is 0 Å². The molecule has 0 spiro atoms. The quantitative estimate of drug-likeness (QED) is 0.653. The van der Waals surface area contributed by atoms with Crippen LogP contribution in [0.5, 0.6) is 0 Å². The normalized spacial score (nSPS) is 22.4. The van der Waals surface area contributed by atoms with E-state index in [-0.39, 0.29) is 20.0 Å². The van der Waals surface area contributed by atoms with Crippen LogP contribution in [-0.4, -0.2) is 38.3 Å². The lowest BCUT2D eigenvalue weighted by molar-refractivity contribution is -0.173. The predicted molar refractivity (Wildman–Crippen MR) is 37.3 cm³/mol. The van der Waals surface area contributed by atoms with Gasteiger partial charge in [-0.25, -0.2) is 0 Å². The third kappa shape index (κ3) is 4.43. The van der Waals surface area contributed by atoms with E-state index in [1.165, 1.54) is 0 Å². The Kier molecular flexibility index (Phi) is 3.70. The van der Waals surface area contributed by atoms with Crippen LogP contribution >= 0.6 is 0 Å². The second kappa shape index (κ2) is 4.61. The van der Waals surface area contributed by atoms with Crippen molar-refractivity contribution in [2.45, 2.75) is 18.7 Å². The highest BCUT2D eigenvalue weighted by Crippen LogP contribution is 2.20. The number of rotatable bonds is 3. The average Bonchev–Trinajstić information content (AvgIpc) is 2.49. The van der Waals surface area contributed by atoms with Crippen molar-refractivity contribution in [2.75, 3.05) is 20.0 Å². The molecule has 0 aromatic rings. The number of esters is 1. The first-order valence-electron chi connectivity index (χ1n) is 3.89. The molecular weight excluding hydrogens is 205 g/mol. The summed E-state index contributed by atoms with van der Waals surface area (Å²) < 4.78 is 48.9. The van der Waals surface area contributed by atoms with Crippen LogP contribution in [0, 0.1) is 0 Å². The number of carbonyl (C=O) groups excluding carboxylic acids is 1. The maximum absolute atomic E-state index is 11.6. The van der Waals surface area contributed by atoms with Crippen LogP contribution in [0.4, 0.5) is 13.2 Å². The van der Waals surface area contributed by atoms with E-state index in [2.05, 4.69) is 4.74 Å². The maximum Gasteiger partial charge on any atom is 0.399 e. The molecule has 1 saturated heterocycles. The Morgan fingerprint density at radius 3 is 2.71 bits per heavy atom. The summed E-state index contributed by atoms with van der Waals surface area (Å²) in [5.74, 6) is -1.30. The molecule has 7 heteroatoms. The predicted octanol–water partition coefficient (Wildman–Crippen LogP) is 0.855. The van der Waals surface area contributed by atoms with Gasteiger partial charge in [-0.1, -0.05) is 0 Å². The lowest BCUT2D eigenvalue weighted by atomic mass is 10.4. The largest absolute Gasteiger partial charge is 0.463 e. The van der Waals surface area contributed by atoms with Crippen LogP contribution in [0.2, 0.25) is 0 Å². The molecule has 1 fully saturated rings. The van der Waals surface area contributed by atoms with Crippen LogP contribution in [0.3, 0.4) is 0 Å². The van der Waals surface area contributed by atoms with Gasteiger partial charge in [0, 0.05) is 0 Å². The SMILES string of the molecule is O=C(CC(F)(F)F)OCC1COCO1. The van der Waals surface area contributed by atoms with Gasteiger partial charge in [0.1, 0.15) is 25.9 Å². The fraction of sp³-hybridized carbons (Fsp3) is 0.857. The van der Waals surface area contributed by atoms with Crippen LogP contribution in [-0.2, 0) is 19.0 Å². The first-order chi connectivity index (χ1) is 6.47. The van der Waals surface area contributed by atoms with Gasteiger partial charge >= 0.3 is 12.1 Å². The highest BCUT2D eigenvalue weighted by Gasteiger charge is 2.32. The minimum atomic E-state index is -4.52. The number of halogens is 3. The molecule has 1 rings (SSSR count). The van der Waals surface area contributed by atoms with Crippen molar-refractivity contribution >= 4 is 5.97 Å². The highest BCUT2D eigenvalue weighted by molar-refractivity contribution is 5.70. The zero-order valence-corrected chi connectivity index (χ0v) is 7.17. The van der Waals surface area contributed by atoms with E-state index >= 15 is 0 Å². The Hall–Kier alpha value is -0.820. The molecular formula is C7H9F3O4. The molecule has 0 aliphatic carbocycles. The van der Waals surface area contributed by atoms with Gasteiger partial charge < -0.3 is 14.2 Å². The first-order valence-corrected chi connectivity index (χ1v) is 3.89. The number of hydrogen-bond donors (Lipinski definition) is 0. The van der Waals surface area contributed by atoms with Gasteiger partial charge in [-0.2, -0.15) is 13.2 Å². The molecule has 0 amide bonds. The molecule has 1 atom stereocenters. The first kappa shape index (κ1) is 11.3. The van der Waals surface area contributed by atoms with Crippen LogP contribution in [0.15, 0.2) is 0 Å². The third-order valence-electron chi connectivity index (χ3n) is 1.47. The summed E-state index contributed by atoms with van der Waals surface area (Å²) >= 11 is 0. The molecule has 0 saturated carbocycles. The monoisotopic (exact) mass is 214 g/mol. The van der Waals surface area contributed by atoms with Crippen molar-refractivity contribution in [3.8, 4) is 0 Å². The number of hydrogen-bond acceptors (Lipinski definition) is 4. The Morgan fingerprint density at radius 1 is 1.50 bits per heavy atom. The fourth-order valence-electron chi connectivity index (χ4n) is 0.869. The molecule has 0 aromatic heterocycles. The molecule has 4 nitrogen and oxygen atoms in total. The minimum Gasteiger partial charge on any atom is -0.463 e. The minimum absolute atomic E-state index is 0.0848. The number of carbonyl (C=O) groups is 1. The lowest BCUT2D eigenvalue weighted by Crippen LogP contribution is -2.23. The van der Waals surface area contributed by atoms with E-state index in [0.717, 1.165) is 0 Å². The van der Waals surface area contributed by atoms with Crippen molar-refractivity contribution in [1.29, 1.82) is 0 Å². The van der Waals surface area contributed by atoms with Gasteiger partial charge in [0.15, 0.2) is 0 Å². The molecule has 1 aliphatic rings. The smallest absolute Gasteiger partial charge is 0.399 e. The van der Waals surface area contributed by atoms with E-state index in [1.807, 2.05) is 0 Å². The van der Waals surface area contributed by atoms with Crippen LogP contribution in [0.25, 0.3) is 0 Å². The summed E-state index contributed by atoms with van der Waals surface area (Å²) in [4.78, 5) is 10.6. The van der Waals surface area contributed by atoms with Crippen LogP contribution < -0.4 is 0 Å². The highest BCUT2D eigenvalue weighted by atomic mass is 19.4.